The zero-order valence-corrected chi connectivity index (χ0v) is 14.2. The van der Waals surface area contributed by atoms with Gasteiger partial charge in [-0.1, -0.05) is 11.6 Å². The zero-order chi connectivity index (χ0) is 15.5. The summed E-state index contributed by atoms with van der Waals surface area (Å²) in [6.07, 6.45) is 2.54. The average molecular weight is 340 g/mol. The largest absolute Gasteiger partial charge is 0.383 e. The van der Waals surface area contributed by atoms with Gasteiger partial charge in [0, 0.05) is 44.8 Å². The second-order valence-corrected chi connectivity index (χ2v) is 6.15. The second kappa shape index (κ2) is 6.62. The van der Waals surface area contributed by atoms with Crippen LogP contribution in [0.1, 0.15) is 12.2 Å². The number of hydrogen-bond donors (Lipinski definition) is 1. The van der Waals surface area contributed by atoms with E-state index in [9.17, 15) is 0 Å². The van der Waals surface area contributed by atoms with Crippen molar-refractivity contribution in [3.8, 4) is 0 Å². The Morgan fingerprint density at radius 3 is 2.68 bits per heavy atom. The van der Waals surface area contributed by atoms with Crippen molar-refractivity contribution in [2.45, 2.75) is 13.3 Å². The summed E-state index contributed by atoms with van der Waals surface area (Å²) in [6.45, 7) is 5.57. The van der Waals surface area contributed by atoms with E-state index >= 15 is 0 Å². The molecule has 0 radical (unpaired) electrons. The van der Waals surface area contributed by atoms with Gasteiger partial charge in [-0.3, -0.25) is 0 Å². The zero-order valence-electron chi connectivity index (χ0n) is 12.6. The van der Waals surface area contributed by atoms with Crippen LogP contribution in [0, 0.1) is 6.92 Å². The highest BCUT2D eigenvalue weighted by Gasteiger charge is 2.21. The molecule has 0 spiro atoms. The van der Waals surface area contributed by atoms with E-state index in [1.807, 2.05) is 14.0 Å². The van der Waals surface area contributed by atoms with Crippen LogP contribution in [-0.4, -0.2) is 52.6 Å². The molecule has 3 heterocycles. The minimum atomic E-state index is 0.452. The van der Waals surface area contributed by atoms with Crippen LogP contribution in [0.3, 0.4) is 0 Å². The van der Waals surface area contributed by atoms with E-state index in [0.717, 1.165) is 55.1 Å². The normalized spacial score (nSPS) is 15.8. The molecule has 2 aromatic heterocycles. The van der Waals surface area contributed by atoms with Crippen molar-refractivity contribution in [1.82, 2.24) is 19.3 Å². The number of anilines is 3. The summed E-state index contributed by atoms with van der Waals surface area (Å²) >= 11 is 7.61. The maximum absolute atomic E-state index is 6.15. The third-order valence-electron chi connectivity index (χ3n) is 3.61. The van der Waals surface area contributed by atoms with Gasteiger partial charge in [-0.05, 0) is 13.3 Å². The van der Waals surface area contributed by atoms with Crippen LogP contribution in [0.4, 0.5) is 16.6 Å². The van der Waals surface area contributed by atoms with E-state index in [4.69, 9.17) is 11.6 Å². The first-order chi connectivity index (χ1) is 10.7. The molecule has 1 saturated heterocycles. The van der Waals surface area contributed by atoms with Crippen LogP contribution >= 0.6 is 23.1 Å². The van der Waals surface area contributed by atoms with Gasteiger partial charge in [0.25, 0.3) is 0 Å². The Kier molecular flexibility index (Phi) is 4.58. The summed E-state index contributed by atoms with van der Waals surface area (Å²) < 4.78 is 4.27. The highest BCUT2D eigenvalue weighted by atomic mass is 35.5. The molecule has 0 saturated carbocycles. The molecule has 2 aromatic rings. The van der Waals surface area contributed by atoms with Crippen molar-refractivity contribution in [2.75, 3.05) is 48.3 Å². The fourth-order valence-corrected chi connectivity index (χ4v) is 3.49. The van der Waals surface area contributed by atoms with Gasteiger partial charge in [0.2, 0.25) is 5.13 Å². The molecule has 0 amide bonds. The lowest BCUT2D eigenvalue weighted by Gasteiger charge is -2.24. The van der Waals surface area contributed by atoms with Crippen molar-refractivity contribution in [2.24, 2.45) is 0 Å². The van der Waals surface area contributed by atoms with Crippen molar-refractivity contribution < 1.29 is 0 Å². The molecule has 0 bridgehead atoms. The first-order valence-corrected chi connectivity index (χ1v) is 8.32. The van der Waals surface area contributed by atoms with Crippen molar-refractivity contribution in [3.63, 3.8) is 0 Å². The van der Waals surface area contributed by atoms with E-state index in [1.54, 1.807) is 0 Å². The average Bonchev–Trinajstić information content (AvgIpc) is 2.81. The number of nitrogens with zero attached hydrogens (tertiary/aromatic N) is 6. The van der Waals surface area contributed by atoms with Crippen LogP contribution in [0.15, 0.2) is 6.33 Å². The summed E-state index contributed by atoms with van der Waals surface area (Å²) in [7, 11) is 1.84. The fraction of sp³-hybridized carbons (Fsp3) is 0.538. The maximum atomic E-state index is 6.15. The molecule has 1 aliphatic heterocycles. The molecule has 1 N–H and O–H groups in total. The van der Waals surface area contributed by atoms with Gasteiger partial charge in [-0.2, -0.15) is 4.37 Å². The summed E-state index contributed by atoms with van der Waals surface area (Å²) in [4.78, 5) is 17.4. The molecule has 0 atom stereocenters. The Balaban J connectivity index is 1.77. The van der Waals surface area contributed by atoms with Gasteiger partial charge < -0.3 is 15.1 Å². The summed E-state index contributed by atoms with van der Waals surface area (Å²) in [5.74, 6) is 1.69. The first kappa shape index (κ1) is 15.2. The van der Waals surface area contributed by atoms with Gasteiger partial charge in [0.1, 0.15) is 17.8 Å². The minimum absolute atomic E-state index is 0.452. The molecule has 118 valence electrons. The van der Waals surface area contributed by atoms with Gasteiger partial charge in [-0.15, -0.1) is 0 Å². The van der Waals surface area contributed by atoms with Crippen molar-refractivity contribution in [3.05, 3.63) is 17.3 Å². The molecule has 0 unspecified atom stereocenters. The van der Waals surface area contributed by atoms with Gasteiger partial charge in [0.05, 0.1) is 0 Å². The first-order valence-electron chi connectivity index (χ1n) is 7.17. The van der Waals surface area contributed by atoms with Crippen LogP contribution in [-0.2, 0) is 0 Å². The summed E-state index contributed by atoms with van der Waals surface area (Å²) in [5, 5.41) is 4.54. The number of nitrogens with one attached hydrogen (secondary N) is 1. The highest BCUT2D eigenvalue weighted by Crippen LogP contribution is 2.29. The van der Waals surface area contributed by atoms with Crippen molar-refractivity contribution in [1.29, 1.82) is 0 Å². The molecule has 7 nitrogen and oxygen atoms in total. The van der Waals surface area contributed by atoms with E-state index in [2.05, 4.69) is 34.4 Å². The Morgan fingerprint density at radius 1 is 1.18 bits per heavy atom. The number of halogens is 1. The van der Waals surface area contributed by atoms with Crippen LogP contribution in [0.2, 0.25) is 5.15 Å². The third kappa shape index (κ3) is 3.07. The van der Waals surface area contributed by atoms with E-state index in [1.165, 1.54) is 17.9 Å². The van der Waals surface area contributed by atoms with Gasteiger partial charge >= 0.3 is 0 Å². The van der Waals surface area contributed by atoms with Gasteiger partial charge in [-0.25, -0.2) is 15.0 Å². The minimum Gasteiger partial charge on any atom is -0.383 e. The monoisotopic (exact) mass is 339 g/mol. The Labute approximate surface area is 138 Å². The smallest absolute Gasteiger partial charge is 0.205 e. The number of aromatic nitrogens is 4. The lowest BCUT2D eigenvalue weighted by molar-refractivity contribution is 0.795. The summed E-state index contributed by atoms with van der Waals surface area (Å²) in [6, 6.07) is 0. The number of hydrogen-bond acceptors (Lipinski definition) is 8. The number of aryl methyl sites for hydroxylation is 1. The molecule has 1 aliphatic rings. The maximum Gasteiger partial charge on any atom is 0.205 e. The van der Waals surface area contributed by atoms with Crippen LogP contribution in [0.5, 0.6) is 0 Å². The Bertz CT molecular complexity index is 647. The van der Waals surface area contributed by atoms with E-state index < -0.39 is 0 Å². The van der Waals surface area contributed by atoms with E-state index in [-0.39, 0.29) is 0 Å². The Hall–Kier alpha value is -1.67. The quantitative estimate of drug-likeness (QED) is 0.858. The molecule has 1 fully saturated rings. The molecule has 22 heavy (non-hydrogen) atoms. The van der Waals surface area contributed by atoms with Crippen molar-refractivity contribution >= 4 is 39.8 Å². The molecule has 9 heteroatoms. The SMILES string of the molecule is CNc1c(Cl)ncnc1N1CCCN(c2nc(C)ns2)CC1. The molecule has 3 rings (SSSR count). The number of rotatable bonds is 3. The fourth-order valence-electron chi connectivity index (χ4n) is 2.55. The topological polar surface area (TPSA) is 70.1 Å². The van der Waals surface area contributed by atoms with E-state index in [0.29, 0.717) is 5.15 Å². The van der Waals surface area contributed by atoms with Crippen LogP contribution < -0.4 is 15.1 Å². The molecular formula is C13H18ClN7S. The van der Waals surface area contributed by atoms with Gasteiger partial charge in [0.15, 0.2) is 11.0 Å². The second-order valence-electron chi connectivity index (χ2n) is 5.06. The standard InChI is InChI=1S/C13H18ClN7S/c1-9-18-13(22-19-9)21-5-3-4-20(6-7-21)12-10(15-2)11(14)16-8-17-12/h8,15H,3-7H2,1-2H3. The predicted octanol–water partition coefficient (Wildman–Crippen LogP) is 2.05. The molecular weight excluding hydrogens is 322 g/mol. The summed E-state index contributed by atoms with van der Waals surface area (Å²) in [5.41, 5.74) is 0.782. The third-order valence-corrected chi connectivity index (χ3v) is 4.77. The molecule has 0 aromatic carbocycles. The highest BCUT2D eigenvalue weighted by molar-refractivity contribution is 7.09. The predicted molar refractivity (Wildman–Crippen MR) is 90.3 cm³/mol. The Morgan fingerprint density at radius 2 is 1.95 bits per heavy atom. The molecule has 0 aliphatic carbocycles. The lowest BCUT2D eigenvalue weighted by Crippen LogP contribution is -2.31. The van der Waals surface area contributed by atoms with Crippen LogP contribution in [0.25, 0.3) is 0 Å². The lowest BCUT2D eigenvalue weighted by atomic mass is 10.3.